The quantitative estimate of drug-likeness (QED) is 0.638. The number of rotatable bonds is 4. The van der Waals surface area contributed by atoms with E-state index >= 15 is 0 Å². The van der Waals surface area contributed by atoms with E-state index in [9.17, 15) is 18.0 Å². The van der Waals surface area contributed by atoms with E-state index in [0.717, 1.165) is 18.2 Å². The number of benzene rings is 1. The summed E-state index contributed by atoms with van der Waals surface area (Å²) in [7, 11) is 0. The van der Waals surface area contributed by atoms with Gasteiger partial charge >= 0.3 is 6.18 Å². The van der Waals surface area contributed by atoms with Crippen LogP contribution in [0.25, 0.3) is 5.82 Å². The van der Waals surface area contributed by atoms with Gasteiger partial charge in [-0.25, -0.2) is 9.67 Å². The second kappa shape index (κ2) is 7.65. The monoisotopic (exact) mass is 459 g/mol. The second-order valence-corrected chi connectivity index (χ2v) is 6.65. The molecule has 0 aliphatic carbocycles. The van der Waals surface area contributed by atoms with Gasteiger partial charge in [0.2, 0.25) is 0 Å². The summed E-state index contributed by atoms with van der Waals surface area (Å²) in [5.41, 5.74) is -0.328. The van der Waals surface area contributed by atoms with Crippen LogP contribution in [0.4, 0.5) is 13.2 Å². The van der Waals surface area contributed by atoms with E-state index in [2.05, 4.69) is 36.5 Å². The molecule has 3 aromatic rings. The second-order valence-electron chi connectivity index (χ2n) is 5.36. The van der Waals surface area contributed by atoms with E-state index in [1.54, 1.807) is 18.3 Å². The van der Waals surface area contributed by atoms with Gasteiger partial charge in [0, 0.05) is 27.3 Å². The van der Waals surface area contributed by atoms with Gasteiger partial charge in [0.25, 0.3) is 5.91 Å². The molecule has 6 nitrogen and oxygen atoms in total. The van der Waals surface area contributed by atoms with E-state index in [1.807, 2.05) is 0 Å². The van der Waals surface area contributed by atoms with Crippen LogP contribution in [0.2, 0.25) is 5.02 Å². The molecule has 3 rings (SSSR count). The number of nitrogens with zero attached hydrogens (tertiary/aromatic N) is 4. The Bertz CT molecular complexity index is 992. The molecular formula is C16H10BrClF3N5O. The average molecular weight is 461 g/mol. The van der Waals surface area contributed by atoms with Gasteiger partial charge in [0.1, 0.15) is 5.69 Å². The molecule has 11 heteroatoms. The number of carbonyl (C=O) groups excluding carboxylic acids is 1. The molecule has 27 heavy (non-hydrogen) atoms. The predicted octanol–water partition coefficient (Wildman–Crippen LogP) is 4.03. The molecule has 0 bridgehead atoms. The zero-order chi connectivity index (χ0) is 19.6. The van der Waals surface area contributed by atoms with E-state index in [1.165, 1.54) is 10.9 Å². The lowest BCUT2D eigenvalue weighted by Gasteiger charge is -2.10. The summed E-state index contributed by atoms with van der Waals surface area (Å²) in [6.45, 7) is 0.0397. The number of hydrogen-bond donors (Lipinski definition) is 1. The van der Waals surface area contributed by atoms with Crippen LogP contribution < -0.4 is 5.32 Å². The maximum atomic E-state index is 12.8. The van der Waals surface area contributed by atoms with Crippen LogP contribution in [0.5, 0.6) is 0 Å². The van der Waals surface area contributed by atoms with Crippen molar-refractivity contribution in [3.8, 4) is 5.82 Å². The molecule has 2 aromatic heterocycles. The van der Waals surface area contributed by atoms with Gasteiger partial charge in [-0.05, 0) is 24.3 Å². The van der Waals surface area contributed by atoms with Crippen molar-refractivity contribution in [2.75, 3.05) is 0 Å². The first-order chi connectivity index (χ1) is 12.7. The maximum absolute atomic E-state index is 12.8. The molecule has 0 saturated heterocycles. The highest BCUT2D eigenvalue weighted by molar-refractivity contribution is 9.10. The summed E-state index contributed by atoms with van der Waals surface area (Å²) in [5, 5.41) is 10.9. The molecule has 140 valence electrons. The SMILES string of the molecule is O=C(NCc1cn(-c2cc(Cl)ccn2)nn1)c1ccc(C(F)(F)F)c(Br)c1. The molecule has 1 amide bonds. The normalized spacial score (nSPS) is 11.4. The zero-order valence-electron chi connectivity index (χ0n) is 13.3. The Hall–Kier alpha value is -2.46. The zero-order valence-corrected chi connectivity index (χ0v) is 15.7. The Kier molecular flexibility index (Phi) is 5.47. The van der Waals surface area contributed by atoms with Crippen LogP contribution in [-0.2, 0) is 12.7 Å². The molecule has 0 radical (unpaired) electrons. The fraction of sp³-hybridized carbons (Fsp3) is 0.125. The molecular weight excluding hydrogens is 451 g/mol. The molecule has 0 saturated carbocycles. The third-order valence-corrected chi connectivity index (χ3v) is 4.34. The van der Waals surface area contributed by atoms with Crippen molar-refractivity contribution in [1.29, 1.82) is 0 Å². The van der Waals surface area contributed by atoms with Crippen LogP contribution in [0.1, 0.15) is 21.6 Å². The number of halogens is 5. The van der Waals surface area contributed by atoms with E-state index in [4.69, 9.17) is 11.6 Å². The minimum atomic E-state index is -4.50. The fourth-order valence-electron chi connectivity index (χ4n) is 2.17. The number of nitrogens with one attached hydrogen (secondary N) is 1. The van der Waals surface area contributed by atoms with Crippen LogP contribution in [0, 0.1) is 0 Å². The lowest BCUT2D eigenvalue weighted by atomic mass is 10.1. The third kappa shape index (κ3) is 4.64. The highest BCUT2D eigenvalue weighted by Crippen LogP contribution is 2.35. The Morgan fingerprint density at radius 1 is 1.26 bits per heavy atom. The molecule has 1 N–H and O–H groups in total. The third-order valence-electron chi connectivity index (χ3n) is 3.45. The molecule has 0 unspecified atom stereocenters. The number of alkyl halides is 3. The van der Waals surface area contributed by atoms with Gasteiger partial charge in [-0.15, -0.1) is 5.10 Å². The minimum Gasteiger partial charge on any atom is -0.346 e. The molecule has 0 aliphatic heterocycles. The summed E-state index contributed by atoms with van der Waals surface area (Å²) in [6.07, 6.45) is -1.43. The Morgan fingerprint density at radius 2 is 2.04 bits per heavy atom. The summed E-state index contributed by atoms with van der Waals surface area (Å²) in [5.74, 6) is -0.0842. The van der Waals surface area contributed by atoms with Crippen molar-refractivity contribution in [3.63, 3.8) is 0 Å². The van der Waals surface area contributed by atoms with Gasteiger partial charge in [-0.3, -0.25) is 4.79 Å². The smallest absolute Gasteiger partial charge is 0.346 e. The van der Waals surface area contributed by atoms with Gasteiger partial charge in [-0.2, -0.15) is 13.2 Å². The summed E-state index contributed by atoms with van der Waals surface area (Å²) < 4.78 is 39.5. The lowest BCUT2D eigenvalue weighted by Crippen LogP contribution is -2.23. The Labute approximate surface area is 164 Å². The van der Waals surface area contributed by atoms with Crippen LogP contribution in [-0.4, -0.2) is 25.9 Å². The number of carbonyl (C=O) groups is 1. The van der Waals surface area contributed by atoms with Crippen molar-refractivity contribution in [1.82, 2.24) is 25.3 Å². The fourth-order valence-corrected chi connectivity index (χ4v) is 2.93. The summed E-state index contributed by atoms with van der Waals surface area (Å²) >= 11 is 8.73. The van der Waals surface area contributed by atoms with E-state index < -0.39 is 17.6 Å². The van der Waals surface area contributed by atoms with Gasteiger partial charge in [0.15, 0.2) is 5.82 Å². The molecule has 2 heterocycles. The first kappa shape index (κ1) is 19.3. The van der Waals surface area contributed by atoms with Crippen molar-refractivity contribution in [2.45, 2.75) is 12.7 Å². The summed E-state index contributed by atoms with van der Waals surface area (Å²) in [4.78, 5) is 16.2. The topological polar surface area (TPSA) is 72.7 Å². The van der Waals surface area contributed by atoms with Crippen LogP contribution in [0.3, 0.4) is 0 Å². The first-order valence-electron chi connectivity index (χ1n) is 7.42. The van der Waals surface area contributed by atoms with Gasteiger partial charge in [0.05, 0.1) is 18.3 Å². The average Bonchev–Trinajstić information content (AvgIpc) is 3.07. The molecule has 0 fully saturated rings. The lowest BCUT2D eigenvalue weighted by molar-refractivity contribution is -0.138. The van der Waals surface area contributed by atoms with Crippen molar-refractivity contribution in [2.24, 2.45) is 0 Å². The Morgan fingerprint density at radius 3 is 2.70 bits per heavy atom. The summed E-state index contributed by atoms with van der Waals surface area (Å²) in [6, 6.07) is 6.28. The standard InChI is InChI=1S/C16H10BrClF3N5O/c17-13-5-9(1-2-12(13)16(19,20)21)15(27)23-7-11-8-26(25-24-11)14-6-10(18)3-4-22-14/h1-6,8H,7H2,(H,23,27). The van der Waals surface area contributed by atoms with Gasteiger partial charge < -0.3 is 5.32 Å². The molecule has 0 atom stereocenters. The van der Waals surface area contributed by atoms with Crippen molar-refractivity contribution >= 4 is 33.4 Å². The van der Waals surface area contributed by atoms with Gasteiger partial charge in [-0.1, -0.05) is 32.7 Å². The number of aromatic nitrogens is 4. The van der Waals surface area contributed by atoms with Crippen molar-refractivity contribution < 1.29 is 18.0 Å². The minimum absolute atomic E-state index is 0.0397. The highest BCUT2D eigenvalue weighted by atomic mass is 79.9. The Balaban J connectivity index is 1.67. The molecule has 0 spiro atoms. The molecule has 0 aliphatic rings. The van der Waals surface area contributed by atoms with Crippen molar-refractivity contribution in [3.05, 3.63) is 69.0 Å². The first-order valence-corrected chi connectivity index (χ1v) is 8.59. The van der Waals surface area contributed by atoms with Crippen LogP contribution in [0.15, 0.2) is 47.2 Å². The largest absolute Gasteiger partial charge is 0.417 e. The number of amides is 1. The number of pyridine rings is 1. The maximum Gasteiger partial charge on any atom is 0.417 e. The van der Waals surface area contributed by atoms with Crippen LogP contribution >= 0.6 is 27.5 Å². The molecule has 1 aromatic carbocycles. The van der Waals surface area contributed by atoms with E-state index in [0.29, 0.717) is 16.5 Å². The van der Waals surface area contributed by atoms with E-state index in [-0.39, 0.29) is 16.6 Å². The predicted molar refractivity (Wildman–Crippen MR) is 94.5 cm³/mol. The highest BCUT2D eigenvalue weighted by Gasteiger charge is 2.33. The number of hydrogen-bond acceptors (Lipinski definition) is 4.